The van der Waals surface area contributed by atoms with Gasteiger partial charge in [0, 0.05) is 18.3 Å². The fraction of sp³-hybridized carbons (Fsp3) is 0.467. The van der Waals surface area contributed by atoms with Crippen LogP contribution in [0.3, 0.4) is 0 Å². The summed E-state index contributed by atoms with van der Waals surface area (Å²) in [5.41, 5.74) is 2.20. The number of carboxylic acids is 1. The van der Waals surface area contributed by atoms with E-state index in [1.807, 2.05) is 24.3 Å². The van der Waals surface area contributed by atoms with E-state index in [0.29, 0.717) is 13.0 Å². The Balaban J connectivity index is 1.72. The van der Waals surface area contributed by atoms with Crippen LogP contribution < -0.4 is 5.32 Å². The third-order valence-electron chi connectivity index (χ3n) is 3.95. The van der Waals surface area contributed by atoms with Crippen molar-refractivity contribution in [1.29, 1.82) is 0 Å². The lowest BCUT2D eigenvalue weighted by Gasteiger charge is -2.30. The molecule has 1 aliphatic heterocycles. The molecule has 5 heteroatoms. The van der Waals surface area contributed by atoms with Crippen LogP contribution in [0, 0.1) is 5.92 Å². The molecule has 1 heterocycles. The highest BCUT2D eigenvalue weighted by Crippen LogP contribution is 2.31. The zero-order chi connectivity index (χ0) is 14.1. The highest BCUT2D eigenvalue weighted by atomic mass is 16.4. The minimum Gasteiger partial charge on any atom is -0.480 e. The molecule has 1 amide bonds. The molecule has 0 saturated heterocycles. The fourth-order valence-corrected chi connectivity index (χ4v) is 2.77. The van der Waals surface area contributed by atoms with E-state index in [0.717, 1.165) is 24.1 Å². The van der Waals surface area contributed by atoms with Crippen molar-refractivity contribution in [1.82, 2.24) is 4.90 Å². The average Bonchev–Trinajstić information content (AvgIpc) is 3.28. The molecule has 0 bridgehead atoms. The number of benzene rings is 1. The van der Waals surface area contributed by atoms with Crippen LogP contribution in [0.2, 0.25) is 0 Å². The van der Waals surface area contributed by atoms with Crippen LogP contribution in [0.15, 0.2) is 24.3 Å². The quantitative estimate of drug-likeness (QED) is 0.869. The number of aliphatic carboxylic acids is 1. The zero-order valence-corrected chi connectivity index (χ0v) is 11.2. The third-order valence-corrected chi connectivity index (χ3v) is 3.95. The summed E-state index contributed by atoms with van der Waals surface area (Å²) in [7, 11) is 0. The minimum atomic E-state index is -0.936. The molecule has 1 aromatic rings. The molecule has 0 aromatic heterocycles. The molecule has 1 aromatic carbocycles. The Bertz CT molecular complexity index is 540. The van der Waals surface area contributed by atoms with Crippen molar-refractivity contribution < 1.29 is 14.7 Å². The van der Waals surface area contributed by atoms with Crippen molar-refractivity contribution in [3.05, 3.63) is 29.8 Å². The molecule has 3 rings (SSSR count). The standard InChI is InChI=1S/C15H18N2O3/c18-14(19)9-17(12-5-6-12)15(20)11-7-10-3-1-2-4-13(10)16-8-11/h1-4,11-12,16H,5-9H2,(H,18,19). The monoisotopic (exact) mass is 274 g/mol. The van der Waals surface area contributed by atoms with Crippen molar-refractivity contribution in [2.75, 3.05) is 18.4 Å². The number of hydrogen-bond donors (Lipinski definition) is 2. The van der Waals surface area contributed by atoms with E-state index in [1.54, 1.807) is 4.90 Å². The normalized spacial score (nSPS) is 20.7. The van der Waals surface area contributed by atoms with E-state index in [9.17, 15) is 9.59 Å². The third kappa shape index (κ3) is 2.61. The lowest BCUT2D eigenvalue weighted by molar-refractivity contribution is -0.146. The highest BCUT2D eigenvalue weighted by molar-refractivity contribution is 5.85. The van der Waals surface area contributed by atoms with Crippen molar-refractivity contribution in [3.8, 4) is 0 Å². The first kappa shape index (κ1) is 13.0. The number of hydrogen-bond acceptors (Lipinski definition) is 3. The zero-order valence-electron chi connectivity index (χ0n) is 11.2. The van der Waals surface area contributed by atoms with Gasteiger partial charge in [-0.1, -0.05) is 18.2 Å². The Labute approximate surface area is 117 Å². The van der Waals surface area contributed by atoms with Crippen LogP contribution in [-0.4, -0.2) is 41.0 Å². The second-order valence-corrected chi connectivity index (χ2v) is 5.53. The Kier molecular flexibility index (Phi) is 3.34. The Morgan fingerprint density at radius 2 is 2.05 bits per heavy atom. The molecule has 20 heavy (non-hydrogen) atoms. The van der Waals surface area contributed by atoms with Gasteiger partial charge in [-0.2, -0.15) is 0 Å². The number of para-hydroxylation sites is 1. The summed E-state index contributed by atoms with van der Waals surface area (Å²) >= 11 is 0. The van der Waals surface area contributed by atoms with Gasteiger partial charge >= 0.3 is 5.97 Å². The van der Waals surface area contributed by atoms with Gasteiger partial charge in [0.2, 0.25) is 5.91 Å². The molecule has 0 spiro atoms. The van der Waals surface area contributed by atoms with E-state index in [-0.39, 0.29) is 24.4 Å². The number of carbonyl (C=O) groups excluding carboxylic acids is 1. The van der Waals surface area contributed by atoms with E-state index >= 15 is 0 Å². The minimum absolute atomic E-state index is 0.0306. The number of fused-ring (bicyclic) bond motifs is 1. The second-order valence-electron chi connectivity index (χ2n) is 5.53. The van der Waals surface area contributed by atoms with E-state index < -0.39 is 5.97 Å². The number of rotatable bonds is 4. The number of nitrogens with zero attached hydrogens (tertiary/aromatic N) is 1. The Morgan fingerprint density at radius 1 is 1.30 bits per heavy atom. The summed E-state index contributed by atoms with van der Waals surface area (Å²) in [5.74, 6) is -1.13. The maximum absolute atomic E-state index is 12.5. The number of anilines is 1. The summed E-state index contributed by atoms with van der Waals surface area (Å²) in [4.78, 5) is 25.0. The highest BCUT2D eigenvalue weighted by Gasteiger charge is 2.37. The van der Waals surface area contributed by atoms with Crippen LogP contribution in [0.1, 0.15) is 18.4 Å². The summed E-state index contributed by atoms with van der Waals surface area (Å²) in [6, 6.07) is 8.08. The van der Waals surface area contributed by atoms with Gasteiger partial charge in [-0.05, 0) is 30.9 Å². The maximum Gasteiger partial charge on any atom is 0.323 e. The predicted octanol–water partition coefficient (Wildman–Crippen LogP) is 1.35. The van der Waals surface area contributed by atoms with Crippen LogP contribution in [0.25, 0.3) is 0 Å². The van der Waals surface area contributed by atoms with Crippen LogP contribution >= 0.6 is 0 Å². The fourth-order valence-electron chi connectivity index (χ4n) is 2.77. The molecule has 1 unspecified atom stereocenters. The SMILES string of the molecule is O=C(O)CN(C(=O)C1CNc2ccccc2C1)C1CC1. The van der Waals surface area contributed by atoms with Gasteiger partial charge in [0.05, 0.1) is 5.92 Å². The summed E-state index contributed by atoms with van der Waals surface area (Å²) in [5, 5.41) is 12.2. The van der Waals surface area contributed by atoms with Crippen molar-refractivity contribution >= 4 is 17.6 Å². The molecule has 2 aliphatic rings. The van der Waals surface area contributed by atoms with Gasteiger partial charge in [-0.15, -0.1) is 0 Å². The van der Waals surface area contributed by atoms with Crippen molar-refractivity contribution in [2.45, 2.75) is 25.3 Å². The van der Waals surface area contributed by atoms with Gasteiger partial charge in [0.15, 0.2) is 0 Å². The number of carboxylic acid groups (broad SMARTS) is 1. The molecule has 1 atom stereocenters. The van der Waals surface area contributed by atoms with Crippen LogP contribution in [0.5, 0.6) is 0 Å². The predicted molar refractivity (Wildman–Crippen MR) is 74.5 cm³/mol. The van der Waals surface area contributed by atoms with Gasteiger partial charge < -0.3 is 15.3 Å². The van der Waals surface area contributed by atoms with E-state index in [2.05, 4.69) is 5.32 Å². The summed E-state index contributed by atoms with van der Waals surface area (Å²) in [6.45, 7) is 0.403. The molecule has 5 nitrogen and oxygen atoms in total. The Morgan fingerprint density at radius 3 is 2.75 bits per heavy atom. The number of nitrogens with one attached hydrogen (secondary N) is 1. The lowest BCUT2D eigenvalue weighted by atomic mass is 9.93. The van der Waals surface area contributed by atoms with Gasteiger partial charge in [-0.25, -0.2) is 0 Å². The van der Waals surface area contributed by atoms with Crippen molar-refractivity contribution in [2.24, 2.45) is 5.92 Å². The molecule has 1 aliphatic carbocycles. The lowest BCUT2D eigenvalue weighted by Crippen LogP contribution is -2.44. The van der Waals surface area contributed by atoms with Crippen LogP contribution in [-0.2, 0) is 16.0 Å². The molecular formula is C15H18N2O3. The van der Waals surface area contributed by atoms with E-state index in [4.69, 9.17) is 5.11 Å². The van der Waals surface area contributed by atoms with Gasteiger partial charge in [0.25, 0.3) is 0 Å². The average molecular weight is 274 g/mol. The first-order chi connectivity index (χ1) is 9.65. The van der Waals surface area contributed by atoms with Crippen LogP contribution in [0.4, 0.5) is 5.69 Å². The second kappa shape index (κ2) is 5.15. The molecule has 106 valence electrons. The smallest absolute Gasteiger partial charge is 0.323 e. The van der Waals surface area contributed by atoms with Crippen molar-refractivity contribution in [3.63, 3.8) is 0 Å². The molecule has 1 fully saturated rings. The summed E-state index contributed by atoms with van der Waals surface area (Å²) < 4.78 is 0. The first-order valence-corrected chi connectivity index (χ1v) is 6.99. The number of amides is 1. The molecule has 2 N–H and O–H groups in total. The largest absolute Gasteiger partial charge is 0.480 e. The summed E-state index contributed by atoms with van der Waals surface area (Å²) in [6.07, 6.45) is 2.54. The Hall–Kier alpha value is -2.04. The topological polar surface area (TPSA) is 69.6 Å². The first-order valence-electron chi connectivity index (χ1n) is 6.99. The molecular weight excluding hydrogens is 256 g/mol. The maximum atomic E-state index is 12.5. The van der Waals surface area contributed by atoms with E-state index in [1.165, 1.54) is 0 Å². The van der Waals surface area contributed by atoms with Gasteiger partial charge in [-0.3, -0.25) is 9.59 Å². The molecule has 0 radical (unpaired) electrons. The number of carbonyl (C=O) groups is 2. The van der Waals surface area contributed by atoms with Gasteiger partial charge in [0.1, 0.15) is 6.54 Å². The molecule has 1 saturated carbocycles.